The van der Waals surface area contributed by atoms with Crippen molar-refractivity contribution >= 4 is 22.7 Å². The van der Waals surface area contributed by atoms with E-state index < -0.39 is 0 Å². The number of aromatic nitrogens is 1. The smallest absolute Gasteiger partial charge is 0.272 e. The van der Waals surface area contributed by atoms with Gasteiger partial charge in [0.15, 0.2) is 0 Å². The molecule has 0 radical (unpaired) electrons. The normalized spacial score (nSPS) is 14.9. The molecule has 0 spiro atoms. The third-order valence-corrected chi connectivity index (χ3v) is 4.49. The largest absolute Gasteiger partial charge is 0.497 e. The van der Waals surface area contributed by atoms with Crippen LogP contribution in [0.25, 0.3) is 10.9 Å². The van der Waals surface area contributed by atoms with Crippen molar-refractivity contribution in [3.05, 3.63) is 36.0 Å². The minimum atomic E-state index is -0.0886. The number of hydrogen-bond donors (Lipinski definition) is 0. The average molecular weight is 341 g/mol. The molecule has 2 amide bonds. The van der Waals surface area contributed by atoms with E-state index in [2.05, 4.69) is 4.98 Å². The van der Waals surface area contributed by atoms with Crippen molar-refractivity contribution in [2.24, 2.45) is 5.92 Å². The Bertz CT molecular complexity index is 796. The molecule has 3 rings (SSSR count). The lowest BCUT2D eigenvalue weighted by molar-refractivity contribution is -0.135. The maximum absolute atomic E-state index is 12.7. The van der Waals surface area contributed by atoms with E-state index in [1.807, 2.05) is 43.0 Å². The zero-order valence-corrected chi connectivity index (χ0v) is 14.9. The molecule has 0 aliphatic carbocycles. The second-order valence-corrected chi connectivity index (χ2v) is 6.53. The van der Waals surface area contributed by atoms with Gasteiger partial charge in [0.05, 0.1) is 12.6 Å². The van der Waals surface area contributed by atoms with Crippen molar-refractivity contribution in [1.29, 1.82) is 0 Å². The first-order valence-electron chi connectivity index (χ1n) is 8.52. The van der Waals surface area contributed by atoms with E-state index in [4.69, 9.17) is 4.74 Å². The van der Waals surface area contributed by atoms with Gasteiger partial charge in [0, 0.05) is 37.5 Å². The number of carbonyl (C=O) groups is 2. The lowest BCUT2D eigenvalue weighted by Crippen LogP contribution is -2.51. The fraction of sp³-hybridized carbons (Fsp3) is 0.421. The van der Waals surface area contributed by atoms with E-state index in [-0.39, 0.29) is 17.7 Å². The summed E-state index contributed by atoms with van der Waals surface area (Å²) in [5.41, 5.74) is 1.20. The zero-order valence-electron chi connectivity index (χ0n) is 14.9. The van der Waals surface area contributed by atoms with E-state index in [1.54, 1.807) is 18.1 Å². The second-order valence-electron chi connectivity index (χ2n) is 6.53. The van der Waals surface area contributed by atoms with Crippen molar-refractivity contribution in [3.8, 4) is 5.75 Å². The number of nitrogens with zero attached hydrogens (tertiary/aromatic N) is 3. The van der Waals surface area contributed by atoms with Gasteiger partial charge in [-0.1, -0.05) is 19.9 Å². The van der Waals surface area contributed by atoms with Gasteiger partial charge in [-0.2, -0.15) is 0 Å². The third kappa shape index (κ3) is 3.57. The summed E-state index contributed by atoms with van der Waals surface area (Å²) < 4.78 is 5.21. The highest BCUT2D eigenvalue weighted by molar-refractivity contribution is 5.95. The molecule has 1 aromatic carbocycles. The molecule has 0 unspecified atom stereocenters. The van der Waals surface area contributed by atoms with Gasteiger partial charge in [-0.05, 0) is 24.3 Å². The van der Waals surface area contributed by atoms with Gasteiger partial charge >= 0.3 is 0 Å². The van der Waals surface area contributed by atoms with Gasteiger partial charge in [0.25, 0.3) is 5.91 Å². The van der Waals surface area contributed by atoms with Crippen LogP contribution < -0.4 is 4.74 Å². The molecule has 6 nitrogen and oxygen atoms in total. The molecule has 0 bridgehead atoms. The molecule has 2 aromatic rings. The van der Waals surface area contributed by atoms with Crippen LogP contribution in [0.5, 0.6) is 5.75 Å². The Hall–Kier alpha value is -2.63. The van der Waals surface area contributed by atoms with Crippen LogP contribution in [-0.4, -0.2) is 59.9 Å². The molecule has 1 aromatic heterocycles. The standard InChI is InChI=1S/C19H23N3O3/c1-13(2)18(23)21-8-10-22(11-9-21)19(24)17-6-4-14-12-15(25-3)5-7-16(14)20-17/h4-7,12-13H,8-11H2,1-3H3. The number of carbonyl (C=O) groups excluding carboxylic acids is 2. The number of hydrogen-bond acceptors (Lipinski definition) is 4. The maximum Gasteiger partial charge on any atom is 0.272 e. The fourth-order valence-corrected chi connectivity index (χ4v) is 3.01. The summed E-state index contributed by atoms with van der Waals surface area (Å²) in [5.74, 6) is 0.806. The SMILES string of the molecule is COc1ccc2nc(C(=O)N3CCN(C(=O)C(C)C)CC3)ccc2c1. The van der Waals surface area contributed by atoms with Crippen LogP contribution in [-0.2, 0) is 4.79 Å². The van der Waals surface area contributed by atoms with Gasteiger partial charge in [-0.3, -0.25) is 9.59 Å². The molecule has 1 saturated heterocycles. The van der Waals surface area contributed by atoms with Gasteiger partial charge in [-0.15, -0.1) is 0 Å². The summed E-state index contributed by atoms with van der Waals surface area (Å²) in [7, 11) is 1.62. The first kappa shape index (κ1) is 17.2. The van der Waals surface area contributed by atoms with Gasteiger partial charge < -0.3 is 14.5 Å². The number of piperazine rings is 1. The van der Waals surface area contributed by atoms with Crippen molar-refractivity contribution in [3.63, 3.8) is 0 Å². The summed E-state index contributed by atoms with van der Waals surface area (Å²) in [4.78, 5) is 32.8. The van der Waals surface area contributed by atoms with Crippen molar-refractivity contribution in [2.45, 2.75) is 13.8 Å². The van der Waals surface area contributed by atoms with Gasteiger partial charge in [0.1, 0.15) is 11.4 Å². The van der Waals surface area contributed by atoms with Crippen molar-refractivity contribution < 1.29 is 14.3 Å². The highest BCUT2D eigenvalue weighted by atomic mass is 16.5. The number of benzene rings is 1. The molecular formula is C19H23N3O3. The number of amides is 2. The van der Waals surface area contributed by atoms with E-state index in [9.17, 15) is 9.59 Å². The Kier molecular flexibility index (Phi) is 4.88. The lowest BCUT2D eigenvalue weighted by Gasteiger charge is -2.35. The summed E-state index contributed by atoms with van der Waals surface area (Å²) in [6.07, 6.45) is 0. The summed E-state index contributed by atoms with van der Waals surface area (Å²) >= 11 is 0. The highest BCUT2D eigenvalue weighted by Crippen LogP contribution is 2.20. The van der Waals surface area contributed by atoms with E-state index in [1.165, 1.54) is 0 Å². The minimum Gasteiger partial charge on any atom is -0.497 e. The van der Waals surface area contributed by atoms with Gasteiger partial charge in [-0.25, -0.2) is 4.98 Å². The molecule has 1 fully saturated rings. The number of ether oxygens (including phenoxy) is 1. The van der Waals surface area contributed by atoms with E-state index >= 15 is 0 Å². The van der Waals surface area contributed by atoms with Crippen LogP contribution in [0.4, 0.5) is 0 Å². The summed E-state index contributed by atoms with van der Waals surface area (Å²) in [5, 5.41) is 0.934. The first-order chi connectivity index (χ1) is 12.0. The summed E-state index contributed by atoms with van der Waals surface area (Å²) in [6.45, 7) is 6.03. The Morgan fingerprint density at radius 1 is 1.04 bits per heavy atom. The van der Waals surface area contributed by atoms with Crippen molar-refractivity contribution in [1.82, 2.24) is 14.8 Å². The zero-order chi connectivity index (χ0) is 18.0. The Morgan fingerprint density at radius 2 is 1.72 bits per heavy atom. The molecular weight excluding hydrogens is 318 g/mol. The lowest BCUT2D eigenvalue weighted by atomic mass is 10.1. The summed E-state index contributed by atoms with van der Waals surface area (Å²) in [6, 6.07) is 9.21. The van der Waals surface area contributed by atoms with Crippen LogP contribution in [0.1, 0.15) is 24.3 Å². The predicted octanol–water partition coefficient (Wildman–Crippen LogP) is 2.18. The van der Waals surface area contributed by atoms with Crippen LogP contribution in [0.2, 0.25) is 0 Å². The quantitative estimate of drug-likeness (QED) is 0.858. The van der Waals surface area contributed by atoms with Gasteiger partial charge in [0.2, 0.25) is 5.91 Å². The topological polar surface area (TPSA) is 62.7 Å². The number of rotatable bonds is 3. The minimum absolute atomic E-state index is 0.0126. The number of methoxy groups -OCH3 is 1. The molecule has 0 atom stereocenters. The monoisotopic (exact) mass is 341 g/mol. The maximum atomic E-state index is 12.7. The van der Waals surface area contributed by atoms with Crippen molar-refractivity contribution in [2.75, 3.05) is 33.3 Å². The molecule has 1 aliphatic rings. The molecule has 6 heteroatoms. The molecule has 0 saturated carbocycles. The van der Waals surface area contributed by atoms with Crippen LogP contribution >= 0.6 is 0 Å². The Morgan fingerprint density at radius 3 is 2.36 bits per heavy atom. The fourth-order valence-electron chi connectivity index (χ4n) is 3.01. The second kappa shape index (κ2) is 7.09. The van der Waals surface area contributed by atoms with Crippen LogP contribution in [0, 0.1) is 5.92 Å². The highest BCUT2D eigenvalue weighted by Gasteiger charge is 2.26. The molecule has 1 aliphatic heterocycles. The number of fused-ring (bicyclic) bond motifs is 1. The first-order valence-corrected chi connectivity index (χ1v) is 8.52. The predicted molar refractivity (Wildman–Crippen MR) is 95.6 cm³/mol. The Balaban J connectivity index is 1.71. The average Bonchev–Trinajstić information content (AvgIpc) is 2.66. The molecule has 0 N–H and O–H groups in total. The van der Waals surface area contributed by atoms with Crippen LogP contribution in [0.3, 0.4) is 0 Å². The number of pyridine rings is 1. The van der Waals surface area contributed by atoms with E-state index in [0.717, 1.165) is 16.7 Å². The third-order valence-electron chi connectivity index (χ3n) is 4.49. The molecule has 132 valence electrons. The Labute approximate surface area is 147 Å². The van der Waals surface area contributed by atoms with Crippen LogP contribution in [0.15, 0.2) is 30.3 Å². The van der Waals surface area contributed by atoms with E-state index in [0.29, 0.717) is 31.9 Å². The molecule has 2 heterocycles. The molecule has 25 heavy (non-hydrogen) atoms.